The van der Waals surface area contributed by atoms with Crippen molar-refractivity contribution in [2.75, 3.05) is 27.2 Å². The van der Waals surface area contributed by atoms with Gasteiger partial charge in [-0.1, -0.05) is 12.8 Å². The van der Waals surface area contributed by atoms with Crippen molar-refractivity contribution < 1.29 is 4.79 Å². The molecule has 0 spiro atoms. The fraction of sp³-hybridized carbons (Fsp3) is 0.933. The fourth-order valence-corrected chi connectivity index (χ4v) is 3.60. The molecule has 4 heteroatoms. The molecule has 2 atom stereocenters. The first-order valence-electron chi connectivity index (χ1n) is 7.74. The maximum atomic E-state index is 12.4. The van der Waals surface area contributed by atoms with Gasteiger partial charge in [-0.25, -0.2) is 0 Å². The molecule has 1 saturated heterocycles. The maximum Gasteiger partial charge on any atom is 0.224 e. The largest absolute Gasteiger partial charge is 0.354 e. The van der Waals surface area contributed by atoms with Crippen LogP contribution in [0.2, 0.25) is 0 Å². The van der Waals surface area contributed by atoms with E-state index in [2.05, 4.69) is 36.6 Å². The average molecular weight is 267 g/mol. The minimum Gasteiger partial charge on any atom is -0.354 e. The molecule has 4 nitrogen and oxygen atoms in total. The van der Waals surface area contributed by atoms with Crippen LogP contribution in [-0.2, 0) is 4.79 Å². The van der Waals surface area contributed by atoms with Crippen molar-refractivity contribution in [3.05, 3.63) is 0 Å². The van der Waals surface area contributed by atoms with Crippen molar-refractivity contribution in [1.82, 2.24) is 15.5 Å². The Labute approximate surface area is 117 Å². The number of carbonyl (C=O) groups excluding carboxylic acids is 1. The Balaban J connectivity index is 1.88. The Morgan fingerprint density at radius 3 is 2.58 bits per heavy atom. The smallest absolute Gasteiger partial charge is 0.224 e. The number of rotatable bonds is 4. The van der Waals surface area contributed by atoms with Crippen LogP contribution in [0.5, 0.6) is 0 Å². The summed E-state index contributed by atoms with van der Waals surface area (Å²) in [7, 11) is 4.28. The number of hydrogen-bond donors (Lipinski definition) is 2. The molecule has 2 unspecified atom stereocenters. The molecule has 0 bridgehead atoms. The van der Waals surface area contributed by atoms with Crippen molar-refractivity contribution in [3.63, 3.8) is 0 Å². The molecule has 2 aliphatic rings. The Morgan fingerprint density at radius 1 is 1.32 bits per heavy atom. The van der Waals surface area contributed by atoms with E-state index in [-0.39, 0.29) is 17.4 Å². The molecular formula is C15H29N3O. The van der Waals surface area contributed by atoms with Crippen LogP contribution in [0.25, 0.3) is 0 Å². The van der Waals surface area contributed by atoms with Crippen molar-refractivity contribution in [2.45, 2.75) is 57.0 Å². The molecular weight excluding hydrogens is 238 g/mol. The van der Waals surface area contributed by atoms with Crippen LogP contribution < -0.4 is 10.6 Å². The molecule has 1 aliphatic heterocycles. The molecule has 110 valence electrons. The van der Waals surface area contributed by atoms with E-state index in [4.69, 9.17) is 0 Å². The highest BCUT2D eigenvalue weighted by Crippen LogP contribution is 2.33. The van der Waals surface area contributed by atoms with Crippen LogP contribution in [-0.4, -0.2) is 49.6 Å². The lowest BCUT2D eigenvalue weighted by Gasteiger charge is -2.37. The molecule has 2 rings (SSSR count). The number of nitrogens with zero attached hydrogens (tertiary/aromatic N) is 1. The summed E-state index contributed by atoms with van der Waals surface area (Å²) in [4.78, 5) is 14.7. The number of hydrogen-bond acceptors (Lipinski definition) is 3. The Bertz CT molecular complexity index is 311. The van der Waals surface area contributed by atoms with Gasteiger partial charge in [0, 0.05) is 18.1 Å². The standard InChI is InChI=1S/C15H29N3O/c1-12-13(7-6-10-16-12)14(19)17-11-15(18(2)3)8-4-5-9-15/h12-13,16H,4-11H2,1-3H3,(H,17,19). The van der Waals surface area contributed by atoms with Gasteiger partial charge in [0.2, 0.25) is 5.91 Å². The highest BCUT2D eigenvalue weighted by atomic mass is 16.1. The van der Waals surface area contributed by atoms with E-state index in [9.17, 15) is 4.79 Å². The molecule has 1 heterocycles. The molecule has 1 amide bonds. The second-order valence-corrected chi connectivity index (χ2v) is 6.54. The number of nitrogens with one attached hydrogen (secondary N) is 2. The zero-order chi connectivity index (χ0) is 13.9. The minimum atomic E-state index is 0.148. The lowest BCUT2D eigenvalue weighted by atomic mass is 9.90. The van der Waals surface area contributed by atoms with E-state index in [0.29, 0.717) is 6.04 Å². The first-order chi connectivity index (χ1) is 9.05. The van der Waals surface area contributed by atoms with Crippen LogP contribution in [0.3, 0.4) is 0 Å². The summed E-state index contributed by atoms with van der Waals surface area (Å²) in [6.07, 6.45) is 7.12. The molecule has 0 aromatic carbocycles. The predicted octanol–water partition coefficient (Wildman–Crippen LogP) is 1.37. The third kappa shape index (κ3) is 3.29. The summed E-state index contributed by atoms with van der Waals surface area (Å²) < 4.78 is 0. The van der Waals surface area contributed by atoms with E-state index >= 15 is 0 Å². The first-order valence-corrected chi connectivity index (χ1v) is 7.74. The lowest BCUT2D eigenvalue weighted by molar-refractivity contribution is -0.127. The van der Waals surface area contributed by atoms with Gasteiger partial charge in [-0.2, -0.15) is 0 Å². The zero-order valence-electron chi connectivity index (χ0n) is 12.7. The molecule has 19 heavy (non-hydrogen) atoms. The van der Waals surface area contributed by atoms with Crippen LogP contribution in [0, 0.1) is 5.92 Å². The van der Waals surface area contributed by atoms with Crippen LogP contribution in [0.1, 0.15) is 45.4 Å². The van der Waals surface area contributed by atoms with Gasteiger partial charge in [0.05, 0.1) is 5.92 Å². The SMILES string of the molecule is CC1NCCCC1C(=O)NCC1(N(C)C)CCCC1. The molecule has 0 radical (unpaired) electrons. The third-order valence-corrected chi connectivity index (χ3v) is 5.17. The number of likely N-dealkylation sites (N-methyl/N-ethyl adjacent to an activating group) is 1. The van der Waals surface area contributed by atoms with Crippen LogP contribution in [0.15, 0.2) is 0 Å². The number of carbonyl (C=O) groups is 1. The van der Waals surface area contributed by atoms with Gasteiger partial charge in [0.25, 0.3) is 0 Å². The summed E-state index contributed by atoms with van der Waals surface area (Å²) in [6, 6.07) is 0.313. The van der Waals surface area contributed by atoms with Crippen LogP contribution >= 0.6 is 0 Å². The second-order valence-electron chi connectivity index (χ2n) is 6.54. The van der Waals surface area contributed by atoms with E-state index in [1.807, 2.05) is 0 Å². The van der Waals surface area contributed by atoms with Gasteiger partial charge in [0.1, 0.15) is 0 Å². The fourth-order valence-electron chi connectivity index (χ4n) is 3.60. The summed E-state index contributed by atoms with van der Waals surface area (Å²) in [5.74, 6) is 0.391. The Kier molecular flexibility index (Phi) is 4.85. The van der Waals surface area contributed by atoms with Crippen LogP contribution in [0.4, 0.5) is 0 Å². The second kappa shape index (κ2) is 6.23. The normalized spacial score (nSPS) is 30.5. The minimum absolute atomic E-state index is 0.148. The van der Waals surface area contributed by atoms with Gasteiger partial charge in [-0.15, -0.1) is 0 Å². The van der Waals surface area contributed by atoms with E-state index in [0.717, 1.165) is 25.9 Å². The van der Waals surface area contributed by atoms with Crippen molar-refractivity contribution in [2.24, 2.45) is 5.92 Å². The molecule has 0 aromatic heterocycles. The first kappa shape index (κ1) is 14.8. The topological polar surface area (TPSA) is 44.4 Å². The van der Waals surface area contributed by atoms with Gasteiger partial charge in [0.15, 0.2) is 0 Å². The van der Waals surface area contributed by atoms with Gasteiger partial charge >= 0.3 is 0 Å². The van der Waals surface area contributed by atoms with Gasteiger partial charge < -0.3 is 15.5 Å². The summed E-state index contributed by atoms with van der Waals surface area (Å²) >= 11 is 0. The maximum absolute atomic E-state index is 12.4. The third-order valence-electron chi connectivity index (χ3n) is 5.17. The molecule has 2 fully saturated rings. The average Bonchev–Trinajstić information content (AvgIpc) is 2.86. The van der Waals surface area contributed by atoms with Crippen molar-refractivity contribution in [1.29, 1.82) is 0 Å². The van der Waals surface area contributed by atoms with E-state index in [1.54, 1.807) is 0 Å². The zero-order valence-corrected chi connectivity index (χ0v) is 12.7. The van der Waals surface area contributed by atoms with Crippen molar-refractivity contribution >= 4 is 5.91 Å². The monoisotopic (exact) mass is 267 g/mol. The summed E-state index contributed by atoms with van der Waals surface area (Å²) in [6.45, 7) is 3.98. The number of amides is 1. The van der Waals surface area contributed by atoms with Crippen molar-refractivity contribution in [3.8, 4) is 0 Å². The quantitative estimate of drug-likeness (QED) is 0.808. The molecule has 2 N–H and O–H groups in total. The number of piperidine rings is 1. The van der Waals surface area contributed by atoms with E-state index < -0.39 is 0 Å². The summed E-state index contributed by atoms with van der Waals surface area (Å²) in [5, 5.41) is 6.63. The van der Waals surface area contributed by atoms with Gasteiger partial charge in [-0.3, -0.25) is 4.79 Å². The molecule has 1 aliphatic carbocycles. The summed E-state index contributed by atoms with van der Waals surface area (Å²) in [5.41, 5.74) is 0.195. The molecule has 0 aromatic rings. The Morgan fingerprint density at radius 2 is 2.00 bits per heavy atom. The Hall–Kier alpha value is -0.610. The molecule has 1 saturated carbocycles. The predicted molar refractivity (Wildman–Crippen MR) is 78.1 cm³/mol. The van der Waals surface area contributed by atoms with Gasteiger partial charge in [-0.05, 0) is 53.2 Å². The van der Waals surface area contributed by atoms with E-state index in [1.165, 1.54) is 25.7 Å². The lowest BCUT2D eigenvalue weighted by Crippen LogP contribution is -2.54. The highest BCUT2D eigenvalue weighted by Gasteiger charge is 2.37. The highest BCUT2D eigenvalue weighted by molar-refractivity contribution is 5.79.